The molecule has 0 atom stereocenters. The van der Waals surface area contributed by atoms with Crippen LogP contribution in [0.3, 0.4) is 0 Å². The first-order chi connectivity index (χ1) is 37.1. The highest BCUT2D eigenvalue weighted by atomic mass is 16.6. The van der Waals surface area contributed by atoms with Crippen molar-refractivity contribution in [2.45, 2.75) is 77.4 Å². The standard InChI is InChI=1S/C33H41N5O5.C26H35N3O4/c34-31(36-33(39)43-24-26-6-2-1-3-7-26)27-9-13-29(14-10-27)41-22-4-8-25-17-20-38(21-18-25)19-5-23-42-30-15-11-28(12-16-30)32(35)37-40;27-25(28-26(31)33-20-22-6-2-1-3-7-22)23-9-11-24(12-10-23)32-19-4-8-21-13-16-29(17-14-21)15-5-18-30/h1-3,6-7,9-16,25,40H,4-5,8,17-24H2,(H2,35,37)(H2,34,36,39);1-3,6-7,9-12,21,30H,4-5,8,13-20H2,(H2,27,28,31). The molecule has 8 N–H and O–H groups in total. The van der Waals surface area contributed by atoms with Gasteiger partial charge in [0.1, 0.15) is 42.1 Å². The number of aliphatic imine (C=N–C) groups is 2. The third-order valence-corrected chi connectivity index (χ3v) is 13.4. The van der Waals surface area contributed by atoms with Crippen LogP contribution in [0.25, 0.3) is 0 Å². The molecule has 5 aromatic rings. The predicted octanol–water partition coefficient (Wildman–Crippen LogP) is 9.15. The van der Waals surface area contributed by atoms with E-state index in [1.807, 2.05) is 97.1 Å². The molecular formula is C59H76N8O9. The monoisotopic (exact) mass is 1040 g/mol. The number of aliphatic hydroxyl groups is 1. The summed E-state index contributed by atoms with van der Waals surface area (Å²) >= 11 is 0. The SMILES string of the molecule is NC(=NC(=O)OCc1ccccc1)c1ccc(OCCCC2CCN(CCCO)CC2)cc1.NC(=NC(=O)OCc1ccccc1)c1ccc(OCCCC2CCN(CCCOc3ccc(/C(N)=N\O)cc3)CC2)cc1. The van der Waals surface area contributed by atoms with Gasteiger partial charge in [0, 0.05) is 36.4 Å². The Kier molecular flexibility index (Phi) is 24.9. The zero-order chi connectivity index (χ0) is 53.6. The number of hydrogen-bond acceptors (Lipinski definition) is 12. The Bertz CT molecular complexity index is 2530. The van der Waals surface area contributed by atoms with Gasteiger partial charge in [0.25, 0.3) is 0 Å². The zero-order valence-electron chi connectivity index (χ0n) is 43.6. The molecule has 17 nitrogen and oxygen atoms in total. The van der Waals surface area contributed by atoms with E-state index in [-0.39, 0.29) is 37.3 Å². The Hall–Kier alpha value is -7.47. The first-order valence-corrected chi connectivity index (χ1v) is 26.5. The van der Waals surface area contributed by atoms with Gasteiger partial charge in [-0.15, -0.1) is 0 Å². The number of oxime groups is 1. The molecule has 0 unspecified atom stereocenters. The summed E-state index contributed by atoms with van der Waals surface area (Å²) in [4.78, 5) is 36.5. The van der Waals surface area contributed by atoms with Gasteiger partial charge in [0.05, 0.1) is 19.8 Å². The van der Waals surface area contributed by atoms with E-state index in [0.29, 0.717) is 36.5 Å². The minimum atomic E-state index is -0.720. The Morgan fingerprint density at radius 2 is 0.842 bits per heavy atom. The largest absolute Gasteiger partial charge is 0.494 e. The Balaban J connectivity index is 0.000000255. The van der Waals surface area contributed by atoms with Crippen molar-refractivity contribution >= 4 is 29.7 Å². The van der Waals surface area contributed by atoms with E-state index >= 15 is 0 Å². The molecule has 2 amide bonds. The Morgan fingerprint density at radius 3 is 1.21 bits per heavy atom. The lowest BCUT2D eigenvalue weighted by Gasteiger charge is -2.32. The fourth-order valence-electron chi connectivity index (χ4n) is 8.95. The number of piperidine rings is 2. The van der Waals surface area contributed by atoms with E-state index in [9.17, 15) is 9.59 Å². The van der Waals surface area contributed by atoms with E-state index in [4.69, 9.17) is 51.2 Å². The molecule has 406 valence electrons. The van der Waals surface area contributed by atoms with Gasteiger partial charge in [-0.2, -0.15) is 9.98 Å². The van der Waals surface area contributed by atoms with Crippen molar-refractivity contribution in [3.63, 3.8) is 0 Å². The van der Waals surface area contributed by atoms with Crippen LogP contribution < -0.4 is 31.4 Å². The topological polar surface area (TPSA) is 242 Å². The molecule has 2 aliphatic rings. The number of likely N-dealkylation sites (tertiary alicyclic amines) is 2. The number of hydrogen-bond donors (Lipinski definition) is 5. The van der Waals surface area contributed by atoms with Crippen molar-refractivity contribution in [2.24, 2.45) is 44.2 Å². The van der Waals surface area contributed by atoms with Crippen LogP contribution in [0.1, 0.15) is 92.0 Å². The second kappa shape index (κ2) is 32.8. The molecule has 17 heteroatoms. The second-order valence-electron chi connectivity index (χ2n) is 19.0. The predicted molar refractivity (Wildman–Crippen MR) is 296 cm³/mol. The molecule has 0 bridgehead atoms. The molecule has 2 fully saturated rings. The van der Waals surface area contributed by atoms with Gasteiger partial charge in [-0.25, -0.2) is 9.59 Å². The van der Waals surface area contributed by atoms with E-state index in [1.54, 1.807) is 36.4 Å². The molecule has 0 spiro atoms. The van der Waals surface area contributed by atoms with Gasteiger partial charge < -0.3 is 61.0 Å². The lowest BCUT2D eigenvalue weighted by atomic mass is 9.92. The molecule has 5 aromatic carbocycles. The van der Waals surface area contributed by atoms with Gasteiger partial charge in [-0.3, -0.25) is 0 Å². The van der Waals surface area contributed by atoms with Gasteiger partial charge in [0.15, 0.2) is 5.84 Å². The number of aliphatic hydroxyl groups excluding tert-OH is 1. The normalized spacial score (nSPS) is 15.0. The van der Waals surface area contributed by atoms with Gasteiger partial charge in [-0.1, -0.05) is 65.8 Å². The molecule has 2 saturated heterocycles. The summed E-state index contributed by atoms with van der Waals surface area (Å²) in [7, 11) is 0. The summed E-state index contributed by atoms with van der Waals surface area (Å²) in [5.74, 6) is 4.11. The molecular weight excluding hydrogens is 965 g/mol. The Labute approximate surface area is 447 Å². The fourth-order valence-corrected chi connectivity index (χ4v) is 8.95. The van der Waals surface area contributed by atoms with Crippen LogP contribution in [0.2, 0.25) is 0 Å². The van der Waals surface area contributed by atoms with Crippen LogP contribution in [0.5, 0.6) is 17.2 Å². The van der Waals surface area contributed by atoms with E-state index in [1.165, 1.54) is 32.1 Å². The highest BCUT2D eigenvalue weighted by Crippen LogP contribution is 2.24. The minimum Gasteiger partial charge on any atom is -0.494 e. The molecule has 76 heavy (non-hydrogen) atoms. The maximum Gasteiger partial charge on any atom is 0.435 e. The zero-order valence-corrected chi connectivity index (χ0v) is 43.6. The first-order valence-electron chi connectivity index (χ1n) is 26.5. The number of ether oxygens (including phenoxy) is 5. The van der Waals surface area contributed by atoms with Crippen LogP contribution in [0, 0.1) is 11.8 Å². The molecule has 2 aliphatic heterocycles. The van der Waals surface area contributed by atoms with Crippen molar-refractivity contribution in [2.75, 3.05) is 65.7 Å². The second-order valence-corrected chi connectivity index (χ2v) is 19.0. The molecule has 2 heterocycles. The summed E-state index contributed by atoms with van der Waals surface area (Å²) in [6, 6.07) is 40.6. The fraction of sp³-hybridized carbons (Fsp3) is 0.407. The average molecular weight is 1040 g/mol. The Morgan fingerprint density at radius 1 is 0.487 bits per heavy atom. The molecule has 0 aliphatic carbocycles. The van der Waals surface area contributed by atoms with E-state index in [0.717, 1.165) is 112 Å². The van der Waals surface area contributed by atoms with E-state index < -0.39 is 12.2 Å². The number of carbonyl (C=O) groups excluding carboxylic acids is 2. The molecule has 7 rings (SSSR count). The number of benzene rings is 5. The maximum atomic E-state index is 12.0. The number of carbonyl (C=O) groups is 2. The highest BCUT2D eigenvalue weighted by molar-refractivity contribution is 6.03. The van der Waals surface area contributed by atoms with Crippen molar-refractivity contribution in [1.29, 1.82) is 0 Å². The average Bonchev–Trinajstić information content (AvgIpc) is 3.46. The van der Waals surface area contributed by atoms with Crippen LogP contribution in [0.15, 0.2) is 149 Å². The molecule has 0 saturated carbocycles. The van der Waals surface area contributed by atoms with Crippen molar-refractivity contribution in [3.8, 4) is 17.2 Å². The van der Waals surface area contributed by atoms with Crippen LogP contribution in [-0.2, 0) is 22.7 Å². The lowest BCUT2D eigenvalue weighted by molar-refractivity contribution is 0.150. The van der Waals surface area contributed by atoms with Gasteiger partial charge in [0.2, 0.25) is 0 Å². The number of amides is 2. The van der Waals surface area contributed by atoms with Crippen LogP contribution in [-0.4, -0.2) is 116 Å². The van der Waals surface area contributed by atoms with Crippen molar-refractivity contribution < 1.29 is 43.6 Å². The van der Waals surface area contributed by atoms with Crippen molar-refractivity contribution in [1.82, 2.24) is 9.80 Å². The van der Waals surface area contributed by atoms with E-state index in [2.05, 4.69) is 24.9 Å². The summed E-state index contributed by atoms with van der Waals surface area (Å²) in [6.07, 6.45) is 9.64. The van der Waals surface area contributed by atoms with Gasteiger partial charge >= 0.3 is 12.2 Å². The third-order valence-electron chi connectivity index (χ3n) is 13.4. The summed E-state index contributed by atoms with van der Waals surface area (Å²) < 4.78 is 27.9. The lowest BCUT2D eigenvalue weighted by Crippen LogP contribution is -2.35. The summed E-state index contributed by atoms with van der Waals surface area (Å²) in [6.45, 7) is 9.11. The number of nitrogens with zero attached hydrogens (tertiary/aromatic N) is 5. The highest BCUT2D eigenvalue weighted by Gasteiger charge is 2.20. The quantitative estimate of drug-likeness (QED) is 0.0120. The minimum absolute atomic E-state index is 0.0858. The smallest absolute Gasteiger partial charge is 0.435 e. The first kappa shape index (κ1) is 57.8. The van der Waals surface area contributed by atoms with Crippen LogP contribution >= 0.6 is 0 Å². The third kappa shape index (κ3) is 21.4. The number of rotatable bonds is 25. The van der Waals surface area contributed by atoms with Gasteiger partial charge in [-0.05, 0) is 186 Å². The number of amidine groups is 3. The molecule has 0 aromatic heterocycles. The van der Waals surface area contributed by atoms with Crippen molar-refractivity contribution in [3.05, 3.63) is 161 Å². The molecule has 0 radical (unpaired) electrons. The summed E-state index contributed by atoms with van der Waals surface area (Å²) in [5.41, 5.74) is 21.2. The summed E-state index contributed by atoms with van der Waals surface area (Å²) in [5, 5.41) is 20.7. The maximum absolute atomic E-state index is 12.0. The number of nitrogens with two attached hydrogens (primary N) is 3. The van der Waals surface area contributed by atoms with Crippen LogP contribution in [0.4, 0.5) is 9.59 Å².